The summed E-state index contributed by atoms with van der Waals surface area (Å²) < 4.78 is 7.27. The molecule has 0 saturated carbocycles. The van der Waals surface area contributed by atoms with Gasteiger partial charge < -0.3 is 4.42 Å². The Hall–Kier alpha value is -2.32. The highest BCUT2D eigenvalue weighted by molar-refractivity contribution is 7.98. The maximum absolute atomic E-state index is 11.3. The van der Waals surface area contributed by atoms with Crippen LogP contribution in [0.1, 0.15) is 16.3 Å². The summed E-state index contributed by atoms with van der Waals surface area (Å²) in [5.74, 6) is 6.00. The minimum atomic E-state index is -0.450. The normalized spacial score (nSPS) is 10.8. The fourth-order valence-corrected chi connectivity index (χ4v) is 2.52. The van der Waals surface area contributed by atoms with Gasteiger partial charge in [-0.2, -0.15) is 0 Å². The largest absolute Gasteiger partial charge is 0.455 e. The third kappa shape index (κ3) is 2.38. The number of carbonyl (C=O) groups is 1. The average Bonchev–Trinajstić information content (AvgIpc) is 3.11. The molecule has 0 bridgehead atoms. The second-order valence-corrected chi connectivity index (χ2v) is 4.88. The number of nitrogens with two attached hydrogens (primary N) is 1. The second kappa shape index (κ2) is 5.35. The van der Waals surface area contributed by atoms with Crippen LogP contribution in [-0.2, 0) is 5.75 Å². The number of hydrogen-bond acceptors (Lipinski definition) is 6. The van der Waals surface area contributed by atoms with Crippen molar-refractivity contribution in [1.82, 2.24) is 20.0 Å². The fraction of sp³-hybridized carbons (Fsp3) is 0.0833. The smallest absolute Gasteiger partial charge is 0.300 e. The summed E-state index contributed by atoms with van der Waals surface area (Å²) in [5, 5.41) is 8.93. The summed E-state index contributed by atoms with van der Waals surface area (Å²) in [6.07, 6.45) is 1.90. The number of thioether (sulfide) groups is 1. The van der Waals surface area contributed by atoms with Gasteiger partial charge in [-0.15, -0.1) is 10.2 Å². The number of amides is 1. The molecule has 0 radical (unpaired) electrons. The summed E-state index contributed by atoms with van der Waals surface area (Å²) in [4.78, 5) is 11.3. The number of nitrogens with zero attached hydrogens (tertiary/aromatic N) is 3. The highest BCUT2D eigenvalue weighted by Gasteiger charge is 2.11. The molecule has 20 heavy (non-hydrogen) atoms. The van der Waals surface area contributed by atoms with Crippen molar-refractivity contribution in [3.63, 3.8) is 0 Å². The first-order chi connectivity index (χ1) is 9.78. The summed E-state index contributed by atoms with van der Waals surface area (Å²) >= 11 is 1.47. The number of hydrogen-bond donors (Lipinski definition) is 2. The summed E-state index contributed by atoms with van der Waals surface area (Å²) in [7, 11) is 0. The van der Waals surface area contributed by atoms with E-state index in [1.807, 2.05) is 34.2 Å². The molecule has 0 saturated heterocycles. The van der Waals surface area contributed by atoms with Gasteiger partial charge in [0.25, 0.3) is 0 Å². The number of rotatable bonds is 4. The third-order valence-corrected chi connectivity index (χ3v) is 3.61. The van der Waals surface area contributed by atoms with Gasteiger partial charge in [-0.3, -0.25) is 14.6 Å². The molecule has 3 heterocycles. The van der Waals surface area contributed by atoms with Crippen molar-refractivity contribution >= 4 is 23.3 Å². The lowest BCUT2D eigenvalue weighted by molar-refractivity contribution is 0.0924. The van der Waals surface area contributed by atoms with E-state index in [1.54, 1.807) is 12.1 Å². The molecule has 3 aromatic rings. The number of aromatic nitrogens is 3. The molecule has 0 fully saturated rings. The third-order valence-electron chi connectivity index (χ3n) is 2.64. The van der Waals surface area contributed by atoms with Gasteiger partial charge in [0.1, 0.15) is 5.76 Å². The molecule has 3 N–H and O–H groups in total. The Balaban J connectivity index is 1.73. The van der Waals surface area contributed by atoms with Crippen molar-refractivity contribution in [2.45, 2.75) is 10.9 Å². The van der Waals surface area contributed by atoms with E-state index in [9.17, 15) is 4.79 Å². The average molecular weight is 289 g/mol. The van der Waals surface area contributed by atoms with E-state index in [-0.39, 0.29) is 5.76 Å². The Kier molecular flexibility index (Phi) is 3.40. The SMILES string of the molecule is NNC(=O)c1ccc(CSc2nnc3ccccn23)o1. The highest BCUT2D eigenvalue weighted by atomic mass is 32.2. The van der Waals surface area contributed by atoms with E-state index in [2.05, 4.69) is 10.2 Å². The van der Waals surface area contributed by atoms with Gasteiger partial charge >= 0.3 is 5.91 Å². The Morgan fingerprint density at radius 1 is 1.35 bits per heavy atom. The minimum absolute atomic E-state index is 0.189. The van der Waals surface area contributed by atoms with Crippen LogP contribution in [0.5, 0.6) is 0 Å². The van der Waals surface area contributed by atoms with Crippen LogP contribution in [0, 0.1) is 0 Å². The molecule has 0 aromatic carbocycles. The van der Waals surface area contributed by atoms with Gasteiger partial charge in [0.2, 0.25) is 0 Å². The number of carbonyl (C=O) groups excluding carboxylic acids is 1. The van der Waals surface area contributed by atoms with E-state index >= 15 is 0 Å². The topological polar surface area (TPSA) is 98.4 Å². The first-order valence-corrected chi connectivity index (χ1v) is 6.78. The van der Waals surface area contributed by atoms with E-state index in [1.165, 1.54) is 11.8 Å². The van der Waals surface area contributed by atoms with Gasteiger partial charge in [-0.1, -0.05) is 17.8 Å². The molecular formula is C12H11N5O2S. The number of fused-ring (bicyclic) bond motifs is 1. The highest BCUT2D eigenvalue weighted by Crippen LogP contribution is 2.22. The van der Waals surface area contributed by atoms with E-state index in [0.29, 0.717) is 11.5 Å². The standard InChI is InChI=1S/C12H11N5O2S/c13-14-11(18)9-5-4-8(19-9)7-20-12-16-15-10-3-1-2-6-17(10)12/h1-6H,7,13H2,(H,14,18). The predicted octanol–water partition coefficient (Wildman–Crippen LogP) is 1.22. The predicted molar refractivity (Wildman–Crippen MR) is 72.9 cm³/mol. The van der Waals surface area contributed by atoms with E-state index in [0.717, 1.165) is 10.8 Å². The number of hydrazine groups is 1. The van der Waals surface area contributed by atoms with Crippen LogP contribution in [0.2, 0.25) is 0 Å². The number of furan rings is 1. The molecule has 7 nitrogen and oxygen atoms in total. The molecule has 0 spiro atoms. The van der Waals surface area contributed by atoms with Crippen LogP contribution >= 0.6 is 11.8 Å². The maximum Gasteiger partial charge on any atom is 0.300 e. The number of nitrogens with one attached hydrogen (secondary N) is 1. The zero-order chi connectivity index (χ0) is 13.9. The molecule has 3 aromatic heterocycles. The number of pyridine rings is 1. The van der Waals surface area contributed by atoms with E-state index < -0.39 is 5.91 Å². The van der Waals surface area contributed by atoms with Gasteiger partial charge in [0.15, 0.2) is 16.6 Å². The fourth-order valence-electron chi connectivity index (χ4n) is 1.70. The van der Waals surface area contributed by atoms with Crippen LogP contribution < -0.4 is 11.3 Å². The molecule has 0 aliphatic rings. The van der Waals surface area contributed by atoms with Crippen LogP contribution in [0.4, 0.5) is 0 Å². The summed E-state index contributed by atoms with van der Waals surface area (Å²) in [6, 6.07) is 9.02. The lowest BCUT2D eigenvalue weighted by atomic mass is 10.4. The Morgan fingerprint density at radius 3 is 3.10 bits per heavy atom. The van der Waals surface area contributed by atoms with E-state index in [4.69, 9.17) is 10.3 Å². The zero-order valence-electron chi connectivity index (χ0n) is 10.3. The Morgan fingerprint density at radius 2 is 2.25 bits per heavy atom. The van der Waals surface area contributed by atoms with Gasteiger partial charge in [0.05, 0.1) is 5.75 Å². The maximum atomic E-state index is 11.3. The molecule has 0 aliphatic heterocycles. The summed E-state index contributed by atoms with van der Waals surface area (Å²) in [6.45, 7) is 0. The number of nitrogen functional groups attached to an aromatic ring is 1. The molecular weight excluding hydrogens is 278 g/mol. The Bertz CT molecular complexity index is 751. The molecule has 1 amide bonds. The first kappa shape index (κ1) is 12.7. The van der Waals surface area contributed by atoms with Gasteiger partial charge in [0, 0.05) is 6.20 Å². The lowest BCUT2D eigenvalue weighted by Crippen LogP contribution is -2.29. The molecule has 0 atom stereocenters. The molecule has 0 unspecified atom stereocenters. The van der Waals surface area contributed by atoms with Crippen LogP contribution in [0.25, 0.3) is 5.65 Å². The van der Waals surface area contributed by atoms with Crippen molar-refractivity contribution in [2.24, 2.45) is 5.84 Å². The lowest BCUT2D eigenvalue weighted by Gasteiger charge is -1.98. The van der Waals surface area contributed by atoms with Crippen molar-refractivity contribution in [3.05, 3.63) is 48.0 Å². The van der Waals surface area contributed by atoms with Crippen LogP contribution in [-0.4, -0.2) is 20.5 Å². The molecule has 8 heteroatoms. The van der Waals surface area contributed by atoms with Crippen molar-refractivity contribution < 1.29 is 9.21 Å². The monoisotopic (exact) mass is 289 g/mol. The Labute approximate surface area is 118 Å². The molecule has 3 rings (SSSR count). The molecule has 0 aliphatic carbocycles. The minimum Gasteiger partial charge on any atom is -0.455 e. The zero-order valence-corrected chi connectivity index (χ0v) is 11.1. The summed E-state index contributed by atoms with van der Waals surface area (Å²) in [5.41, 5.74) is 2.81. The quantitative estimate of drug-likeness (QED) is 0.324. The van der Waals surface area contributed by atoms with Crippen molar-refractivity contribution in [3.8, 4) is 0 Å². The van der Waals surface area contributed by atoms with Crippen LogP contribution in [0.3, 0.4) is 0 Å². The second-order valence-electron chi connectivity index (χ2n) is 3.94. The first-order valence-electron chi connectivity index (χ1n) is 5.80. The van der Waals surface area contributed by atoms with Gasteiger partial charge in [-0.05, 0) is 24.3 Å². The van der Waals surface area contributed by atoms with Crippen molar-refractivity contribution in [1.29, 1.82) is 0 Å². The van der Waals surface area contributed by atoms with Gasteiger partial charge in [-0.25, -0.2) is 5.84 Å². The van der Waals surface area contributed by atoms with Crippen LogP contribution in [0.15, 0.2) is 46.1 Å². The van der Waals surface area contributed by atoms with Crippen molar-refractivity contribution in [2.75, 3.05) is 0 Å². The molecule has 102 valence electrons.